The predicted octanol–water partition coefficient (Wildman–Crippen LogP) is 3.30. The van der Waals surface area contributed by atoms with Crippen molar-refractivity contribution in [2.45, 2.75) is 44.2 Å². The molecule has 3 aromatic rings. The van der Waals surface area contributed by atoms with Crippen LogP contribution in [0.1, 0.15) is 63.3 Å². The molecule has 3 atom stereocenters. The first-order chi connectivity index (χ1) is 18.7. The van der Waals surface area contributed by atoms with Crippen LogP contribution in [0.2, 0.25) is 5.02 Å². The first-order valence-electron chi connectivity index (χ1n) is 12.7. The van der Waals surface area contributed by atoms with Crippen molar-refractivity contribution in [2.75, 3.05) is 20.1 Å². The van der Waals surface area contributed by atoms with E-state index in [0.29, 0.717) is 59.4 Å². The molecule has 0 spiro atoms. The van der Waals surface area contributed by atoms with Gasteiger partial charge in [-0.3, -0.25) is 19.4 Å². The lowest BCUT2D eigenvalue weighted by Crippen LogP contribution is -2.32. The number of amides is 2. The van der Waals surface area contributed by atoms with Crippen molar-refractivity contribution in [1.29, 1.82) is 0 Å². The molecule has 1 saturated heterocycles. The van der Waals surface area contributed by atoms with Crippen molar-refractivity contribution in [2.24, 2.45) is 28.1 Å². The van der Waals surface area contributed by atoms with E-state index in [2.05, 4.69) is 15.3 Å². The molecule has 13 heteroatoms. The molecule has 0 aliphatic carbocycles. The van der Waals surface area contributed by atoms with Gasteiger partial charge in [-0.15, -0.1) is 22.7 Å². The molecule has 0 unspecified atom stereocenters. The van der Waals surface area contributed by atoms with Crippen LogP contribution < -0.4 is 22.5 Å². The van der Waals surface area contributed by atoms with Crippen LogP contribution >= 0.6 is 34.3 Å². The number of benzene rings is 1. The summed E-state index contributed by atoms with van der Waals surface area (Å²) < 4.78 is 0.979. The van der Waals surface area contributed by atoms with Gasteiger partial charge in [0.05, 0.1) is 10.9 Å². The number of nitrogens with two attached hydrogens (primary N) is 3. The molecule has 0 radical (unpaired) electrons. The number of unbranched alkanes of at least 4 members (excludes halogenated alkanes) is 1. The molecule has 39 heavy (non-hydrogen) atoms. The van der Waals surface area contributed by atoms with Crippen LogP contribution in [0.4, 0.5) is 0 Å². The number of thiophene rings is 1. The zero-order chi connectivity index (χ0) is 28.1. The summed E-state index contributed by atoms with van der Waals surface area (Å²) in [5.41, 5.74) is 17.3. The van der Waals surface area contributed by atoms with Crippen LogP contribution in [0.15, 0.2) is 34.6 Å². The number of aromatic nitrogens is 1. The summed E-state index contributed by atoms with van der Waals surface area (Å²) in [6.07, 6.45) is 2.54. The Morgan fingerprint density at radius 3 is 2.79 bits per heavy atom. The smallest absolute Gasteiger partial charge is 0.264 e. The first-order valence-corrected chi connectivity index (χ1v) is 14.7. The summed E-state index contributed by atoms with van der Waals surface area (Å²) in [5.74, 6) is -0.967. The zero-order valence-corrected chi connectivity index (χ0v) is 24.0. The van der Waals surface area contributed by atoms with E-state index in [4.69, 9.17) is 28.8 Å². The Morgan fingerprint density at radius 2 is 2.05 bits per heavy atom. The van der Waals surface area contributed by atoms with E-state index in [1.165, 1.54) is 22.7 Å². The number of Topliss-reactive ketones (excluding diaryl/α,β-unsaturated/α-hetero) is 1. The van der Waals surface area contributed by atoms with E-state index in [9.17, 15) is 14.4 Å². The highest BCUT2D eigenvalue weighted by Crippen LogP contribution is 2.37. The summed E-state index contributed by atoms with van der Waals surface area (Å²) >= 11 is 8.86. The number of nitrogens with zero attached hydrogens (tertiary/aromatic N) is 3. The van der Waals surface area contributed by atoms with Gasteiger partial charge in [0.2, 0.25) is 5.91 Å². The number of aliphatic imine (C=N–C) groups is 1. The Hall–Kier alpha value is -3.06. The fraction of sp³-hybridized carbons (Fsp3) is 0.423. The second-order valence-electron chi connectivity index (χ2n) is 9.57. The van der Waals surface area contributed by atoms with E-state index < -0.39 is 5.92 Å². The van der Waals surface area contributed by atoms with Gasteiger partial charge in [0.1, 0.15) is 10.7 Å². The van der Waals surface area contributed by atoms with Crippen LogP contribution in [0, 0.1) is 5.92 Å². The Morgan fingerprint density at radius 1 is 1.26 bits per heavy atom. The van der Waals surface area contributed by atoms with E-state index in [1.807, 2.05) is 18.2 Å². The minimum Gasteiger partial charge on any atom is -0.370 e. The maximum atomic E-state index is 13.5. The van der Waals surface area contributed by atoms with Crippen molar-refractivity contribution in [3.05, 3.63) is 50.2 Å². The third kappa shape index (κ3) is 7.13. The fourth-order valence-electron chi connectivity index (χ4n) is 4.73. The molecule has 0 bridgehead atoms. The first kappa shape index (κ1) is 28.9. The van der Waals surface area contributed by atoms with Crippen molar-refractivity contribution in [3.63, 3.8) is 0 Å². The molecule has 1 aromatic carbocycles. The average molecular weight is 590 g/mol. The average Bonchev–Trinajstić information content (AvgIpc) is 3.64. The summed E-state index contributed by atoms with van der Waals surface area (Å²) in [6.45, 7) is 0.875. The second kappa shape index (κ2) is 12.9. The van der Waals surface area contributed by atoms with Crippen LogP contribution in [0.25, 0.3) is 10.1 Å². The summed E-state index contributed by atoms with van der Waals surface area (Å²) in [5, 5.41) is 6.54. The third-order valence-electron chi connectivity index (χ3n) is 6.68. The molecule has 3 heterocycles. The maximum absolute atomic E-state index is 13.5. The van der Waals surface area contributed by atoms with Crippen molar-refractivity contribution in [3.8, 4) is 0 Å². The van der Waals surface area contributed by atoms with Crippen molar-refractivity contribution >= 4 is 67.9 Å². The number of carbonyl (C=O) groups is 3. The molecule has 208 valence electrons. The molecule has 1 aliphatic heterocycles. The number of halogens is 1. The summed E-state index contributed by atoms with van der Waals surface area (Å²) in [4.78, 5) is 49.9. The minimum absolute atomic E-state index is 0.0320. The molecule has 2 amide bonds. The van der Waals surface area contributed by atoms with E-state index in [-0.39, 0.29) is 42.1 Å². The van der Waals surface area contributed by atoms with Crippen molar-refractivity contribution in [1.82, 2.24) is 15.2 Å². The number of fused-ring (bicyclic) bond motifs is 1. The molecule has 7 N–H and O–H groups in total. The number of guanidine groups is 1. The Bertz CT molecular complexity index is 1380. The quantitative estimate of drug-likeness (QED) is 0.115. The molecule has 1 aliphatic rings. The summed E-state index contributed by atoms with van der Waals surface area (Å²) in [7, 11) is 1.56. The SMILES string of the molecule is CNC(=O)[C@H](CCCCN=C(N)N)CC(=O)c1csc([C@@H]2C[C@@H](N)CN2C(=O)c2cc3cc(Cl)ccc3s2)n1. The third-order valence-corrected chi connectivity index (χ3v) is 8.97. The highest BCUT2D eigenvalue weighted by atomic mass is 35.5. The molecular formula is C26H32ClN7O3S2. The molecule has 4 rings (SSSR count). The lowest BCUT2D eigenvalue weighted by Gasteiger charge is -2.22. The Balaban J connectivity index is 1.44. The number of hydrogen-bond donors (Lipinski definition) is 4. The predicted molar refractivity (Wildman–Crippen MR) is 156 cm³/mol. The van der Waals surface area contributed by atoms with Gasteiger partial charge in [0.25, 0.3) is 5.91 Å². The minimum atomic E-state index is -0.480. The summed E-state index contributed by atoms with van der Waals surface area (Å²) in [6, 6.07) is 6.88. The normalized spacial score (nSPS) is 17.8. The van der Waals surface area contributed by atoms with Gasteiger partial charge in [-0.05, 0) is 48.9 Å². The van der Waals surface area contributed by atoms with Crippen LogP contribution in [-0.4, -0.2) is 59.6 Å². The number of hydrogen-bond acceptors (Lipinski definition) is 8. The lowest BCUT2D eigenvalue weighted by atomic mass is 9.94. The number of thiazole rings is 1. The molecule has 0 saturated carbocycles. The largest absolute Gasteiger partial charge is 0.370 e. The van der Waals surface area contributed by atoms with Gasteiger partial charge in [-0.1, -0.05) is 18.0 Å². The number of rotatable bonds is 11. The van der Waals surface area contributed by atoms with E-state index >= 15 is 0 Å². The Labute approximate surface area is 239 Å². The number of ketones is 1. The number of carbonyl (C=O) groups excluding carboxylic acids is 3. The van der Waals surface area contributed by atoms with E-state index in [1.54, 1.807) is 23.4 Å². The van der Waals surface area contributed by atoms with Crippen LogP contribution in [0.3, 0.4) is 0 Å². The topological polar surface area (TPSA) is 170 Å². The maximum Gasteiger partial charge on any atom is 0.264 e. The van der Waals surface area contributed by atoms with Gasteiger partial charge in [0.15, 0.2) is 11.7 Å². The zero-order valence-electron chi connectivity index (χ0n) is 21.6. The van der Waals surface area contributed by atoms with Crippen LogP contribution in [-0.2, 0) is 4.79 Å². The number of nitrogens with one attached hydrogen (secondary N) is 1. The van der Waals surface area contributed by atoms with Gasteiger partial charge in [-0.2, -0.15) is 0 Å². The lowest BCUT2D eigenvalue weighted by molar-refractivity contribution is -0.124. The number of likely N-dealkylation sites (tertiary alicyclic amines) is 1. The Kier molecular flexibility index (Phi) is 9.54. The fourth-order valence-corrected chi connectivity index (χ4v) is 6.85. The second-order valence-corrected chi connectivity index (χ2v) is 12.0. The van der Waals surface area contributed by atoms with Gasteiger partial charge in [-0.25, -0.2) is 4.98 Å². The van der Waals surface area contributed by atoms with Crippen molar-refractivity contribution < 1.29 is 14.4 Å². The highest BCUT2D eigenvalue weighted by molar-refractivity contribution is 7.20. The van der Waals surface area contributed by atoms with Gasteiger partial charge < -0.3 is 27.4 Å². The van der Waals surface area contributed by atoms with Gasteiger partial charge in [0, 0.05) is 53.6 Å². The van der Waals surface area contributed by atoms with Gasteiger partial charge >= 0.3 is 0 Å². The molecule has 1 fully saturated rings. The monoisotopic (exact) mass is 589 g/mol. The standard InChI is InChI=1S/C26H32ClN7O3S2/c1-31-23(36)14(4-2-3-7-32-26(29)30)9-20(35)18-13-38-24(33-18)19-11-17(28)12-34(19)25(37)22-10-15-8-16(27)5-6-21(15)39-22/h5-6,8,10,13-14,17,19H,2-4,7,9,11-12,28H2,1H3,(H,31,36)(H4,29,30,32)/t14-,17-,19+/m1/s1. The highest BCUT2D eigenvalue weighted by Gasteiger charge is 2.37. The molecule has 10 nitrogen and oxygen atoms in total. The van der Waals surface area contributed by atoms with E-state index in [0.717, 1.165) is 10.1 Å². The molecule has 2 aromatic heterocycles. The molecular weight excluding hydrogens is 558 g/mol. The van der Waals surface area contributed by atoms with Crippen LogP contribution in [0.5, 0.6) is 0 Å².